The molecule has 4 aromatic rings. The number of carbonyl (C=O) groups excluding carboxylic acids is 1. The third kappa shape index (κ3) is 4.17. The van der Waals surface area contributed by atoms with Crippen molar-refractivity contribution in [2.75, 3.05) is 17.8 Å². The third-order valence-corrected chi connectivity index (χ3v) is 6.22. The number of hydrogen-bond acceptors (Lipinski definition) is 7. The highest BCUT2D eigenvalue weighted by Gasteiger charge is 2.22. The fraction of sp³-hybridized carbons (Fsp3) is 0.136. The van der Waals surface area contributed by atoms with Crippen molar-refractivity contribution in [3.05, 3.63) is 78.4 Å². The van der Waals surface area contributed by atoms with Crippen LogP contribution >= 0.6 is 0 Å². The SMILES string of the molecule is CCOC(=O)c1cnc2c(cnn2-c2ccccc2)c1NCS(=O)(=O)c1ccc(F)cc1. The minimum absolute atomic E-state index is 0.0469. The van der Waals surface area contributed by atoms with Gasteiger partial charge in [-0.25, -0.2) is 27.3 Å². The van der Waals surface area contributed by atoms with E-state index in [0.717, 1.165) is 17.8 Å². The first-order valence-electron chi connectivity index (χ1n) is 9.72. The molecule has 0 saturated carbocycles. The van der Waals surface area contributed by atoms with Crippen LogP contribution in [0.3, 0.4) is 0 Å². The van der Waals surface area contributed by atoms with Gasteiger partial charge >= 0.3 is 5.97 Å². The Morgan fingerprint density at radius 2 is 1.81 bits per heavy atom. The van der Waals surface area contributed by atoms with E-state index in [0.29, 0.717) is 11.0 Å². The second kappa shape index (κ2) is 8.75. The minimum Gasteiger partial charge on any atom is -0.462 e. The van der Waals surface area contributed by atoms with Crippen LogP contribution in [0.15, 0.2) is 71.9 Å². The number of hydrogen-bond donors (Lipinski definition) is 1. The molecule has 2 heterocycles. The zero-order valence-corrected chi connectivity index (χ0v) is 17.8. The Hall–Kier alpha value is -3.79. The number of esters is 1. The first kappa shape index (κ1) is 21.4. The van der Waals surface area contributed by atoms with Crippen molar-refractivity contribution in [3.8, 4) is 5.69 Å². The molecule has 10 heteroatoms. The topological polar surface area (TPSA) is 103 Å². The van der Waals surface area contributed by atoms with Crippen molar-refractivity contribution >= 4 is 32.5 Å². The standard InChI is InChI=1S/C22H19FN4O4S/c1-2-31-22(28)19-12-24-21-18(13-26-27(21)16-6-4-3-5-7-16)20(19)25-14-32(29,30)17-10-8-15(23)9-11-17/h3-13H,2,14H2,1H3,(H,24,25). The number of ether oxygens (including phenoxy) is 1. The first-order chi connectivity index (χ1) is 15.4. The van der Waals surface area contributed by atoms with Crippen LogP contribution in [-0.4, -0.2) is 41.6 Å². The van der Waals surface area contributed by atoms with Crippen LogP contribution in [0.5, 0.6) is 0 Å². The number of carbonyl (C=O) groups is 1. The molecule has 0 aliphatic carbocycles. The summed E-state index contributed by atoms with van der Waals surface area (Å²) >= 11 is 0. The molecular weight excluding hydrogens is 435 g/mol. The number of fused-ring (bicyclic) bond motifs is 1. The lowest BCUT2D eigenvalue weighted by Crippen LogP contribution is -2.18. The maximum atomic E-state index is 13.2. The van der Waals surface area contributed by atoms with Crippen molar-refractivity contribution in [2.45, 2.75) is 11.8 Å². The van der Waals surface area contributed by atoms with E-state index in [-0.39, 0.29) is 22.8 Å². The van der Waals surface area contributed by atoms with E-state index in [2.05, 4.69) is 15.4 Å². The summed E-state index contributed by atoms with van der Waals surface area (Å²) in [7, 11) is -3.82. The maximum absolute atomic E-state index is 13.2. The van der Waals surface area contributed by atoms with Gasteiger partial charge in [-0.2, -0.15) is 5.10 Å². The van der Waals surface area contributed by atoms with E-state index in [1.54, 1.807) is 11.6 Å². The molecule has 0 unspecified atom stereocenters. The van der Waals surface area contributed by atoms with Gasteiger partial charge in [-0.15, -0.1) is 0 Å². The summed E-state index contributed by atoms with van der Waals surface area (Å²) in [6.07, 6.45) is 2.83. The van der Waals surface area contributed by atoms with E-state index in [1.807, 2.05) is 30.3 Å². The van der Waals surface area contributed by atoms with Crippen LogP contribution in [0, 0.1) is 5.82 Å². The van der Waals surface area contributed by atoms with Gasteiger partial charge in [-0.3, -0.25) is 0 Å². The van der Waals surface area contributed by atoms with Crippen LogP contribution in [0.2, 0.25) is 0 Å². The molecule has 0 fully saturated rings. The van der Waals surface area contributed by atoms with Crippen molar-refractivity contribution in [2.24, 2.45) is 0 Å². The highest BCUT2D eigenvalue weighted by molar-refractivity contribution is 7.91. The van der Waals surface area contributed by atoms with Crippen molar-refractivity contribution in [3.63, 3.8) is 0 Å². The zero-order valence-electron chi connectivity index (χ0n) is 17.0. The van der Waals surface area contributed by atoms with Gasteiger partial charge in [-0.1, -0.05) is 18.2 Å². The number of sulfone groups is 1. The normalized spacial score (nSPS) is 11.4. The summed E-state index contributed by atoms with van der Waals surface area (Å²) < 4.78 is 45.4. The summed E-state index contributed by atoms with van der Waals surface area (Å²) in [6, 6.07) is 13.8. The molecule has 0 saturated heterocycles. The number of nitrogens with one attached hydrogen (secondary N) is 1. The predicted octanol–water partition coefficient (Wildman–Crippen LogP) is 3.58. The lowest BCUT2D eigenvalue weighted by atomic mass is 10.2. The zero-order chi connectivity index (χ0) is 22.7. The maximum Gasteiger partial charge on any atom is 0.341 e. The van der Waals surface area contributed by atoms with Gasteiger partial charge in [0.15, 0.2) is 15.5 Å². The third-order valence-electron chi connectivity index (χ3n) is 4.71. The number of anilines is 1. The smallest absolute Gasteiger partial charge is 0.341 e. The number of aromatic nitrogens is 3. The van der Waals surface area contributed by atoms with Crippen LogP contribution in [0.1, 0.15) is 17.3 Å². The summed E-state index contributed by atoms with van der Waals surface area (Å²) in [5.74, 6) is -1.71. The van der Waals surface area contributed by atoms with E-state index >= 15 is 0 Å². The Bertz CT molecular complexity index is 1370. The molecule has 32 heavy (non-hydrogen) atoms. The Morgan fingerprint density at radius 1 is 1.09 bits per heavy atom. The van der Waals surface area contributed by atoms with E-state index in [1.165, 1.54) is 24.5 Å². The van der Waals surface area contributed by atoms with Gasteiger partial charge in [0.1, 0.15) is 17.3 Å². The quantitative estimate of drug-likeness (QED) is 0.336. The second-order valence-electron chi connectivity index (χ2n) is 6.79. The molecule has 2 aromatic carbocycles. The van der Waals surface area contributed by atoms with Gasteiger partial charge in [-0.05, 0) is 43.3 Å². The summed E-state index contributed by atoms with van der Waals surface area (Å²) in [5.41, 5.74) is 1.51. The van der Waals surface area contributed by atoms with Crippen LogP contribution in [0.25, 0.3) is 16.7 Å². The number of nitrogens with zero attached hydrogens (tertiary/aromatic N) is 3. The molecule has 4 rings (SSSR count). The average molecular weight is 454 g/mol. The fourth-order valence-electron chi connectivity index (χ4n) is 3.18. The highest BCUT2D eigenvalue weighted by Crippen LogP contribution is 2.28. The Kier molecular flexibility index (Phi) is 5.87. The number of pyridine rings is 1. The molecule has 0 radical (unpaired) electrons. The molecule has 0 amide bonds. The molecule has 0 bridgehead atoms. The molecule has 0 atom stereocenters. The molecule has 1 N–H and O–H groups in total. The fourth-order valence-corrected chi connectivity index (χ4v) is 4.23. The Labute approximate surface area is 183 Å². The molecule has 164 valence electrons. The van der Waals surface area contributed by atoms with Crippen molar-refractivity contribution < 1.29 is 22.3 Å². The van der Waals surface area contributed by atoms with Gasteiger partial charge < -0.3 is 10.1 Å². The van der Waals surface area contributed by atoms with E-state index < -0.39 is 27.5 Å². The number of rotatable bonds is 7. The monoisotopic (exact) mass is 454 g/mol. The molecule has 8 nitrogen and oxygen atoms in total. The second-order valence-corrected chi connectivity index (χ2v) is 8.78. The number of para-hydroxylation sites is 1. The van der Waals surface area contributed by atoms with E-state index in [4.69, 9.17) is 4.74 Å². The van der Waals surface area contributed by atoms with Crippen molar-refractivity contribution in [1.82, 2.24) is 14.8 Å². The van der Waals surface area contributed by atoms with Crippen LogP contribution in [0.4, 0.5) is 10.1 Å². The first-order valence-corrected chi connectivity index (χ1v) is 11.4. The minimum atomic E-state index is -3.82. The molecule has 0 aliphatic heterocycles. The van der Waals surface area contributed by atoms with Gasteiger partial charge in [0.05, 0.1) is 34.5 Å². The average Bonchev–Trinajstić information content (AvgIpc) is 3.23. The lowest BCUT2D eigenvalue weighted by molar-refractivity contribution is 0.0527. The Morgan fingerprint density at radius 3 is 2.50 bits per heavy atom. The summed E-state index contributed by atoms with van der Waals surface area (Å²) in [4.78, 5) is 16.8. The Balaban J connectivity index is 1.76. The van der Waals surface area contributed by atoms with Crippen LogP contribution in [-0.2, 0) is 14.6 Å². The van der Waals surface area contributed by atoms with Crippen LogP contribution < -0.4 is 5.32 Å². The number of benzene rings is 2. The van der Waals surface area contributed by atoms with E-state index in [9.17, 15) is 17.6 Å². The number of halogens is 1. The largest absolute Gasteiger partial charge is 0.462 e. The van der Waals surface area contributed by atoms with Gasteiger partial charge in [0.2, 0.25) is 0 Å². The summed E-state index contributed by atoms with van der Waals surface area (Å²) in [5, 5.41) is 7.65. The molecule has 2 aromatic heterocycles. The highest BCUT2D eigenvalue weighted by atomic mass is 32.2. The summed E-state index contributed by atoms with van der Waals surface area (Å²) in [6.45, 7) is 1.82. The van der Waals surface area contributed by atoms with Crippen molar-refractivity contribution in [1.29, 1.82) is 0 Å². The van der Waals surface area contributed by atoms with Gasteiger partial charge in [0.25, 0.3) is 0 Å². The molecular formula is C22H19FN4O4S. The lowest BCUT2D eigenvalue weighted by Gasteiger charge is -2.13. The molecule has 0 aliphatic rings. The molecule has 0 spiro atoms. The predicted molar refractivity (Wildman–Crippen MR) is 117 cm³/mol. The van der Waals surface area contributed by atoms with Gasteiger partial charge in [0, 0.05) is 6.20 Å².